The smallest absolute Gasteiger partial charge is 0.300 e. The highest BCUT2D eigenvalue weighted by Crippen LogP contribution is 2.33. The number of rotatable bonds is 7. The van der Waals surface area contributed by atoms with Crippen LogP contribution in [0, 0.1) is 27.2 Å². The number of carbonyl (C=O) groups excluding carboxylic acids is 2. The van der Waals surface area contributed by atoms with Gasteiger partial charge in [-0.25, -0.2) is 0 Å². The number of nitro benzene ring substituents is 2. The van der Waals surface area contributed by atoms with Crippen LogP contribution in [0.15, 0.2) is 54.6 Å². The third kappa shape index (κ3) is 5.98. The van der Waals surface area contributed by atoms with Crippen molar-refractivity contribution < 1.29 is 19.4 Å². The van der Waals surface area contributed by atoms with Crippen LogP contribution in [-0.4, -0.2) is 46.7 Å². The van der Waals surface area contributed by atoms with Gasteiger partial charge in [0, 0.05) is 37.6 Å². The Labute approximate surface area is 222 Å². The lowest BCUT2D eigenvalue weighted by Gasteiger charge is -2.22. The normalized spacial score (nSPS) is 12.0. The van der Waals surface area contributed by atoms with Crippen molar-refractivity contribution in [3.63, 3.8) is 0 Å². The Morgan fingerprint density at radius 1 is 0.947 bits per heavy atom. The van der Waals surface area contributed by atoms with Gasteiger partial charge < -0.3 is 16.4 Å². The van der Waals surface area contributed by atoms with E-state index in [1.807, 2.05) is 32.2 Å². The van der Waals surface area contributed by atoms with Crippen molar-refractivity contribution in [1.29, 1.82) is 0 Å². The molecule has 0 aromatic heterocycles. The molecule has 0 saturated heterocycles. The molecule has 12 nitrogen and oxygen atoms in total. The van der Waals surface area contributed by atoms with Crippen LogP contribution >= 0.6 is 11.6 Å². The minimum Gasteiger partial charge on any atom is -0.399 e. The highest BCUT2D eigenvalue weighted by Gasteiger charge is 2.34. The molecule has 1 heterocycles. The SMILES string of the molecule is Cc1cc(N(C)CCCN2C(=O)c3ccccc3C2=O)ccc1N.Nc1c(Cl)cc([N+](=O)[O-])cc1[N+](=O)[O-]. The summed E-state index contributed by atoms with van der Waals surface area (Å²) < 4.78 is 0. The van der Waals surface area contributed by atoms with Crippen LogP contribution in [0.2, 0.25) is 5.02 Å². The van der Waals surface area contributed by atoms with E-state index in [1.54, 1.807) is 24.3 Å². The average Bonchev–Trinajstić information content (AvgIpc) is 3.12. The molecule has 198 valence electrons. The van der Waals surface area contributed by atoms with E-state index in [4.69, 9.17) is 23.1 Å². The predicted molar refractivity (Wildman–Crippen MR) is 144 cm³/mol. The number of nitrogens with zero attached hydrogens (tertiary/aromatic N) is 4. The molecular weight excluding hydrogens is 516 g/mol. The lowest BCUT2D eigenvalue weighted by molar-refractivity contribution is -0.393. The van der Waals surface area contributed by atoms with E-state index in [0.29, 0.717) is 24.1 Å². The maximum atomic E-state index is 12.3. The molecule has 0 radical (unpaired) electrons. The van der Waals surface area contributed by atoms with Crippen LogP contribution in [0.4, 0.5) is 28.4 Å². The molecule has 13 heteroatoms. The van der Waals surface area contributed by atoms with Gasteiger partial charge in [0.1, 0.15) is 5.69 Å². The van der Waals surface area contributed by atoms with E-state index in [1.165, 1.54) is 4.90 Å². The number of nitrogens with two attached hydrogens (primary N) is 2. The van der Waals surface area contributed by atoms with Crippen LogP contribution < -0.4 is 16.4 Å². The van der Waals surface area contributed by atoms with E-state index >= 15 is 0 Å². The molecule has 0 saturated carbocycles. The molecule has 1 aliphatic rings. The standard InChI is InChI=1S/C19H21N3O2.C6H4ClN3O4/c1-13-12-14(8-9-17(13)20)21(2)10-5-11-22-18(23)15-6-3-4-7-16(15)19(22)24;7-4-1-3(9(11)12)2-5(6(4)8)10(13)14/h3-4,6-9,12H,5,10-11,20H2,1-2H3;1-2H,8H2. The zero-order chi connectivity index (χ0) is 28.1. The Morgan fingerprint density at radius 2 is 1.55 bits per heavy atom. The van der Waals surface area contributed by atoms with Gasteiger partial charge in [0.25, 0.3) is 17.5 Å². The van der Waals surface area contributed by atoms with Crippen LogP contribution in [0.1, 0.15) is 32.7 Å². The molecule has 3 aromatic carbocycles. The number of carbonyl (C=O) groups is 2. The van der Waals surface area contributed by atoms with Crippen LogP contribution in [0.5, 0.6) is 0 Å². The Morgan fingerprint density at radius 3 is 2.08 bits per heavy atom. The quantitative estimate of drug-likeness (QED) is 0.189. The Hall–Kier alpha value is -4.71. The van der Waals surface area contributed by atoms with Gasteiger partial charge in [-0.15, -0.1) is 0 Å². The van der Waals surface area contributed by atoms with E-state index in [2.05, 4.69) is 4.90 Å². The summed E-state index contributed by atoms with van der Waals surface area (Å²) in [6.07, 6.45) is 0.714. The molecule has 4 rings (SSSR count). The number of amides is 2. The molecule has 0 atom stereocenters. The summed E-state index contributed by atoms with van der Waals surface area (Å²) in [5.74, 6) is -0.386. The number of halogens is 1. The summed E-state index contributed by atoms with van der Waals surface area (Å²) >= 11 is 5.47. The number of aryl methyl sites for hydroxylation is 1. The first-order valence-electron chi connectivity index (χ1n) is 11.3. The first kappa shape index (κ1) is 27.9. The third-order valence-corrected chi connectivity index (χ3v) is 6.26. The number of nitro groups is 2. The summed E-state index contributed by atoms with van der Waals surface area (Å²) in [7, 11) is 1.99. The molecule has 2 amide bonds. The fourth-order valence-electron chi connectivity index (χ4n) is 3.78. The first-order valence-corrected chi connectivity index (χ1v) is 11.7. The monoisotopic (exact) mass is 540 g/mol. The van der Waals surface area contributed by atoms with E-state index in [9.17, 15) is 29.8 Å². The van der Waals surface area contributed by atoms with Crippen molar-refractivity contribution in [1.82, 2.24) is 4.90 Å². The van der Waals surface area contributed by atoms with Crippen molar-refractivity contribution in [2.75, 3.05) is 36.5 Å². The van der Waals surface area contributed by atoms with E-state index < -0.39 is 21.2 Å². The molecule has 0 spiro atoms. The Kier molecular flexibility index (Phi) is 8.48. The highest BCUT2D eigenvalue weighted by atomic mass is 35.5. The van der Waals surface area contributed by atoms with Crippen LogP contribution in [0.25, 0.3) is 0 Å². The molecule has 1 aliphatic heterocycles. The van der Waals surface area contributed by atoms with Crippen LogP contribution in [-0.2, 0) is 0 Å². The lowest BCUT2D eigenvalue weighted by Crippen LogP contribution is -2.32. The van der Waals surface area contributed by atoms with E-state index in [-0.39, 0.29) is 22.5 Å². The second-order valence-electron chi connectivity index (χ2n) is 8.50. The summed E-state index contributed by atoms with van der Waals surface area (Å²) in [6, 6.07) is 14.6. The van der Waals surface area contributed by atoms with Gasteiger partial charge in [-0.2, -0.15) is 0 Å². The minimum atomic E-state index is -0.825. The number of hydrogen-bond donors (Lipinski definition) is 2. The average molecular weight is 541 g/mol. The first-order chi connectivity index (χ1) is 17.9. The number of benzene rings is 3. The summed E-state index contributed by atoms with van der Waals surface area (Å²) in [5.41, 5.74) is 13.7. The number of imide groups is 1. The summed E-state index contributed by atoms with van der Waals surface area (Å²) in [4.78, 5) is 47.2. The highest BCUT2D eigenvalue weighted by molar-refractivity contribution is 6.33. The lowest BCUT2D eigenvalue weighted by atomic mass is 10.1. The van der Waals surface area contributed by atoms with Gasteiger partial charge in [0.15, 0.2) is 0 Å². The molecule has 3 aromatic rings. The predicted octanol–water partition coefficient (Wildman–Crippen LogP) is 4.44. The van der Waals surface area contributed by atoms with Gasteiger partial charge >= 0.3 is 5.69 Å². The summed E-state index contributed by atoms with van der Waals surface area (Å²) in [6.45, 7) is 3.15. The number of hydrogen-bond acceptors (Lipinski definition) is 9. The van der Waals surface area contributed by atoms with Crippen molar-refractivity contribution >= 4 is 51.9 Å². The third-order valence-electron chi connectivity index (χ3n) is 5.95. The van der Waals surface area contributed by atoms with Gasteiger partial charge in [0.05, 0.1) is 32.1 Å². The van der Waals surface area contributed by atoms with Crippen molar-refractivity contribution in [2.24, 2.45) is 0 Å². The number of anilines is 3. The molecule has 0 fully saturated rings. The molecule has 0 unspecified atom stereocenters. The van der Waals surface area contributed by atoms with Gasteiger partial charge in [-0.05, 0) is 49.2 Å². The largest absolute Gasteiger partial charge is 0.399 e. The second kappa shape index (κ2) is 11.6. The molecular formula is C25H25ClN6O6. The van der Waals surface area contributed by atoms with Gasteiger partial charge in [-0.3, -0.25) is 34.7 Å². The second-order valence-corrected chi connectivity index (χ2v) is 8.91. The fraction of sp³-hybridized carbons (Fsp3) is 0.200. The number of nitrogen functional groups attached to an aromatic ring is 2. The number of non-ortho nitro benzene ring substituents is 1. The zero-order valence-electron chi connectivity index (χ0n) is 20.6. The Balaban J connectivity index is 0.000000244. The van der Waals surface area contributed by atoms with Crippen molar-refractivity contribution in [2.45, 2.75) is 13.3 Å². The van der Waals surface area contributed by atoms with E-state index in [0.717, 1.165) is 35.6 Å². The maximum Gasteiger partial charge on any atom is 0.300 e. The maximum absolute atomic E-state index is 12.3. The molecule has 0 aliphatic carbocycles. The Bertz CT molecular complexity index is 1390. The van der Waals surface area contributed by atoms with Crippen LogP contribution in [0.3, 0.4) is 0 Å². The van der Waals surface area contributed by atoms with Crippen molar-refractivity contribution in [3.8, 4) is 0 Å². The van der Waals surface area contributed by atoms with Gasteiger partial charge in [-0.1, -0.05) is 23.7 Å². The molecule has 0 bridgehead atoms. The zero-order valence-corrected chi connectivity index (χ0v) is 21.3. The molecule has 4 N–H and O–H groups in total. The number of fused-ring (bicyclic) bond motifs is 1. The summed E-state index contributed by atoms with van der Waals surface area (Å²) in [5, 5.41) is 20.5. The molecule has 38 heavy (non-hydrogen) atoms. The van der Waals surface area contributed by atoms with Crippen molar-refractivity contribution in [3.05, 3.63) is 96.5 Å². The minimum absolute atomic E-state index is 0.193. The van der Waals surface area contributed by atoms with Gasteiger partial charge in [0.2, 0.25) is 0 Å². The topological polar surface area (TPSA) is 179 Å². The fourth-order valence-corrected chi connectivity index (χ4v) is 3.99.